The average molecular weight is 399 g/mol. The van der Waals surface area contributed by atoms with Gasteiger partial charge in [-0.25, -0.2) is 13.6 Å². The van der Waals surface area contributed by atoms with E-state index in [0.717, 1.165) is 4.47 Å². The Morgan fingerprint density at radius 1 is 1.22 bits per heavy atom. The molecule has 1 atom stereocenters. The molecular weight excluding hydrogens is 384 g/mol. The van der Waals surface area contributed by atoms with Crippen LogP contribution in [0.3, 0.4) is 0 Å². The first kappa shape index (κ1) is 17.5. The van der Waals surface area contributed by atoms with Gasteiger partial charge < -0.3 is 10.1 Å². The summed E-state index contributed by atoms with van der Waals surface area (Å²) in [5.74, 6) is 0.147. The predicted molar refractivity (Wildman–Crippen MR) is 90.7 cm³/mol. The van der Waals surface area contributed by atoms with Gasteiger partial charge in [-0.3, -0.25) is 4.79 Å². The molecule has 8 heteroatoms. The number of benzene rings is 2. The fourth-order valence-electron chi connectivity index (χ4n) is 1.77. The number of anilines is 1. The second kappa shape index (κ2) is 7.12. The quantitative estimate of drug-likeness (QED) is 0.807. The maximum Gasteiger partial charge on any atom is 0.265 e. The van der Waals surface area contributed by atoms with E-state index in [1.54, 1.807) is 37.3 Å². The summed E-state index contributed by atoms with van der Waals surface area (Å²) < 4.78 is 29.0. The Morgan fingerprint density at radius 2 is 1.87 bits per heavy atom. The van der Waals surface area contributed by atoms with Crippen LogP contribution in [0, 0.1) is 0 Å². The van der Waals surface area contributed by atoms with Gasteiger partial charge in [-0.2, -0.15) is 0 Å². The van der Waals surface area contributed by atoms with Crippen LogP contribution in [0.4, 0.5) is 5.69 Å². The predicted octanol–water partition coefficient (Wildman–Crippen LogP) is 2.50. The van der Waals surface area contributed by atoms with E-state index in [0.29, 0.717) is 11.4 Å². The van der Waals surface area contributed by atoms with Gasteiger partial charge in [-0.05, 0) is 49.4 Å². The third-order valence-corrected chi connectivity index (χ3v) is 4.37. The molecule has 0 aliphatic rings. The first-order valence-electron chi connectivity index (χ1n) is 6.61. The highest BCUT2D eigenvalue weighted by Crippen LogP contribution is 2.18. The van der Waals surface area contributed by atoms with Crippen molar-refractivity contribution in [3.63, 3.8) is 0 Å². The molecule has 0 saturated heterocycles. The minimum Gasteiger partial charge on any atom is -0.481 e. The lowest BCUT2D eigenvalue weighted by Crippen LogP contribution is -2.30. The first-order chi connectivity index (χ1) is 10.8. The Labute approximate surface area is 142 Å². The number of primary sulfonamides is 1. The van der Waals surface area contributed by atoms with Gasteiger partial charge in [0.2, 0.25) is 10.0 Å². The first-order valence-corrected chi connectivity index (χ1v) is 8.95. The lowest BCUT2D eigenvalue weighted by molar-refractivity contribution is -0.122. The molecule has 6 nitrogen and oxygen atoms in total. The molecule has 0 aliphatic carbocycles. The van der Waals surface area contributed by atoms with Crippen molar-refractivity contribution in [1.29, 1.82) is 0 Å². The Bertz CT molecular complexity index is 806. The highest BCUT2D eigenvalue weighted by atomic mass is 79.9. The van der Waals surface area contributed by atoms with Gasteiger partial charge in [0.15, 0.2) is 6.10 Å². The van der Waals surface area contributed by atoms with Crippen LogP contribution in [0.15, 0.2) is 57.9 Å². The van der Waals surface area contributed by atoms with Crippen LogP contribution >= 0.6 is 15.9 Å². The number of ether oxygens (including phenoxy) is 1. The zero-order valence-electron chi connectivity index (χ0n) is 12.2. The van der Waals surface area contributed by atoms with Crippen molar-refractivity contribution >= 4 is 37.5 Å². The van der Waals surface area contributed by atoms with E-state index in [1.165, 1.54) is 18.2 Å². The van der Waals surface area contributed by atoms with Gasteiger partial charge in [-0.1, -0.05) is 22.0 Å². The van der Waals surface area contributed by atoms with Crippen LogP contribution in [0.2, 0.25) is 0 Å². The number of nitrogens with two attached hydrogens (primary N) is 1. The fourth-order valence-corrected chi connectivity index (χ4v) is 2.59. The number of sulfonamides is 1. The molecule has 0 aliphatic heterocycles. The topological polar surface area (TPSA) is 98.5 Å². The number of rotatable bonds is 5. The van der Waals surface area contributed by atoms with Crippen LogP contribution in [-0.4, -0.2) is 20.4 Å². The molecule has 1 amide bonds. The highest BCUT2D eigenvalue weighted by molar-refractivity contribution is 9.10. The normalized spacial score (nSPS) is 12.5. The summed E-state index contributed by atoms with van der Waals surface area (Å²) in [5.41, 5.74) is 0.327. The van der Waals surface area contributed by atoms with Crippen molar-refractivity contribution < 1.29 is 17.9 Å². The molecule has 0 aromatic heterocycles. The highest BCUT2D eigenvalue weighted by Gasteiger charge is 2.16. The third-order valence-electron chi connectivity index (χ3n) is 2.93. The summed E-state index contributed by atoms with van der Waals surface area (Å²) in [4.78, 5) is 12.0. The van der Waals surface area contributed by atoms with Crippen molar-refractivity contribution in [2.45, 2.75) is 17.9 Å². The SMILES string of the molecule is C[C@H](Oc1ccc(Br)cc1)C(=O)Nc1cccc(S(N)(=O)=O)c1. The second-order valence-corrected chi connectivity index (χ2v) is 7.25. The molecule has 2 aromatic carbocycles. The summed E-state index contributed by atoms with van der Waals surface area (Å²) in [6, 6.07) is 12.8. The average Bonchev–Trinajstić information content (AvgIpc) is 2.49. The number of hydrogen-bond acceptors (Lipinski definition) is 4. The maximum atomic E-state index is 12.1. The Hall–Kier alpha value is -1.90. The van der Waals surface area contributed by atoms with Crippen LogP contribution in [0.5, 0.6) is 5.75 Å². The molecule has 23 heavy (non-hydrogen) atoms. The minimum absolute atomic E-state index is 0.0724. The third kappa shape index (κ3) is 5.05. The van der Waals surface area contributed by atoms with Gasteiger partial charge in [0.05, 0.1) is 4.90 Å². The van der Waals surface area contributed by atoms with E-state index >= 15 is 0 Å². The second-order valence-electron chi connectivity index (χ2n) is 4.78. The number of hydrogen-bond donors (Lipinski definition) is 2. The fraction of sp³-hybridized carbons (Fsp3) is 0.133. The van der Waals surface area contributed by atoms with E-state index in [-0.39, 0.29) is 4.90 Å². The molecule has 0 saturated carbocycles. The van der Waals surface area contributed by atoms with Crippen LogP contribution in [-0.2, 0) is 14.8 Å². The van der Waals surface area contributed by atoms with E-state index in [9.17, 15) is 13.2 Å². The number of amides is 1. The Morgan fingerprint density at radius 3 is 2.48 bits per heavy atom. The molecule has 2 rings (SSSR count). The number of carbonyl (C=O) groups is 1. The van der Waals surface area contributed by atoms with Gasteiger partial charge in [0, 0.05) is 10.2 Å². The summed E-state index contributed by atoms with van der Waals surface area (Å²) in [7, 11) is -3.82. The Kier molecular flexibility index (Phi) is 5.40. The van der Waals surface area contributed by atoms with Crippen molar-refractivity contribution in [2.24, 2.45) is 5.14 Å². The van der Waals surface area contributed by atoms with E-state index < -0.39 is 22.0 Å². The Balaban J connectivity index is 2.05. The largest absolute Gasteiger partial charge is 0.481 e. The summed E-state index contributed by atoms with van der Waals surface area (Å²) in [6.45, 7) is 1.60. The molecule has 3 N–H and O–H groups in total. The van der Waals surface area contributed by atoms with Gasteiger partial charge in [0.1, 0.15) is 5.75 Å². The zero-order chi connectivity index (χ0) is 17.0. The molecule has 0 bridgehead atoms. The number of halogens is 1. The molecule has 0 radical (unpaired) electrons. The molecule has 0 unspecified atom stereocenters. The maximum absolute atomic E-state index is 12.1. The molecular formula is C15H15BrN2O4S. The van der Waals surface area contributed by atoms with Crippen LogP contribution in [0.1, 0.15) is 6.92 Å². The molecule has 2 aromatic rings. The number of carbonyl (C=O) groups excluding carboxylic acids is 1. The van der Waals surface area contributed by atoms with Crippen molar-refractivity contribution in [3.8, 4) is 5.75 Å². The summed E-state index contributed by atoms with van der Waals surface area (Å²) in [6.07, 6.45) is -0.755. The van der Waals surface area contributed by atoms with E-state index in [2.05, 4.69) is 21.2 Å². The van der Waals surface area contributed by atoms with Gasteiger partial charge in [0.25, 0.3) is 5.91 Å². The van der Waals surface area contributed by atoms with Crippen molar-refractivity contribution in [2.75, 3.05) is 5.32 Å². The monoisotopic (exact) mass is 398 g/mol. The zero-order valence-corrected chi connectivity index (χ0v) is 14.6. The molecule has 0 fully saturated rings. The number of nitrogens with one attached hydrogen (secondary N) is 1. The van der Waals surface area contributed by atoms with Crippen molar-refractivity contribution in [1.82, 2.24) is 0 Å². The summed E-state index contributed by atoms with van der Waals surface area (Å²) in [5, 5.41) is 7.65. The lowest BCUT2D eigenvalue weighted by Gasteiger charge is -2.15. The van der Waals surface area contributed by atoms with Crippen LogP contribution < -0.4 is 15.2 Å². The van der Waals surface area contributed by atoms with E-state index in [4.69, 9.17) is 9.88 Å². The van der Waals surface area contributed by atoms with Gasteiger partial charge >= 0.3 is 0 Å². The van der Waals surface area contributed by atoms with Gasteiger partial charge in [-0.15, -0.1) is 0 Å². The smallest absolute Gasteiger partial charge is 0.265 e. The van der Waals surface area contributed by atoms with Crippen molar-refractivity contribution in [3.05, 3.63) is 53.0 Å². The molecule has 122 valence electrons. The van der Waals surface area contributed by atoms with Crippen LogP contribution in [0.25, 0.3) is 0 Å². The summed E-state index contributed by atoms with van der Waals surface area (Å²) >= 11 is 3.31. The van der Waals surface area contributed by atoms with E-state index in [1.807, 2.05) is 0 Å². The molecule has 0 spiro atoms. The minimum atomic E-state index is -3.82. The molecule has 0 heterocycles. The standard InChI is InChI=1S/C15H15BrN2O4S/c1-10(22-13-7-5-11(16)6-8-13)15(19)18-12-3-2-4-14(9-12)23(17,20)21/h2-10H,1H3,(H,18,19)(H2,17,20,21)/t10-/m0/s1. The lowest BCUT2D eigenvalue weighted by atomic mass is 10.3.